The molecule has 26 heavy (non-hydrogen) atoms. The number of anilines is 1. The van der Waals surface area contributed by atoms with Gasteiger partial charge in [-0.1, -0.05) is 6.42 Å². The SMILES string of the molecule is Cc1c(C#N)c(NC(=O)CCN2CCCCC2)n(Cc2ccco2)c1C. The molecule has 2 aromatic rings. The van der Waals surface area contributed by atoms with Crippen molar-refractivity contribution < 1.29 is 9.21 Å². The van der Waals surface area contributed by atoms with Crippen LogP contribution in [0, 0.1) is 25.2 Å². The molecule has 0 saturated carbocycles. The average Bonchev–Trinajstić information content (AvgIpc) is 3.24. The molecule has 0 bridgehead atoms. The third-order valence-electron chi connectivity index (χ3n) is 5.20. The Morgan fingerprint density at radius 3 is 2.73 bits per heavy atom. The first-order valence-electron chi connectivity index (χ1n) is 9.24. The molecule has 1 fully saturated rings. The second-order valence-electron chi connectivity index (χ2n) is 6.91. The summed E-state index contributed by atoms with van der Waals surface area (Å²) in [6.45, 7) is 7.28. The molecule has 0 aliphatic carbocycles. The predicted molar refractivity (Wildman–Crippen MR) is 100.0 cm³/mol. The van der Waals surface area contributed by atoms with Crippen LogP contribution in [-0.4, -0.2) is 35.0 Å². The van der Waals surface area contributed by atoms with Crippen molar-refractivity contribution in [1.82, 2.24) is 9.47 Å². The van der Waals surface area contributed by atoms with Crippen LogP contribution >= 0.6 is 0 Å². The fraction of sp³-hybridized carbons (Fsp3) is 0.500. The molecule has 1 aliphatic rings. The van der Waals surface area contributed by atoms with Gasteiger partial charge in [-0.3, -0.25) is 4.79 Å². The molecule has 3 heterocycles. The Morgan fingerprint density at radius 2 is 2.08 bits per heavy atom. The molecule has 1 aliphatic heterocycles. The first-order chi connectivity index (χ1) is 12.6. The molecular formula is C20H26N4O2. The van der Waals surface area contributed by atoms with Crippen LogP contribution in [0.25, 0.3) is 0 Å². The Labute approximate surface area is 154 Å². The molecular weight excluding hydrogens is 328 g/mol. The smallest absolute Gasteiger partial charge is 0.226 e. The lowest BCUT2D eigenvalue weighted by atomic mass is 10.1. The molecule has 3 rings (SSSR count). The summed E-state index contributed by atoms with van der Waals surface area (Å²) in [6, 6.07) is 5.97. The molecule has 1 saturated heterocycles. The van der Waals surface area contributed by atoms with Gasteiger partial charge >= 0.3 is 0 Å². The summed E-state index contributed by atoms with van der Waals surface area (Å²) in [5, 5.41) is 12.5. The van der Waals surface area contributed by atoms with E-state index in [1.807, 2.05) is 30.5 Å². The van der Waals surface area contributed by atoms with Crippen molar-refractivity contribution in [2.45, 2.75) is 46.1 Å². The molecule has 0 radical (unpaired) electrons. The number of nitrogens with zero attached hydrogens (tertiary/aromatic N) is 3. The van der Waals surface area contributed by atoms with Gasteiger partial charge in [-0.05, 0) is 57.5 Å². The van der Waals surface area contributed by atoms with Crippen LogP contribution in [0.5, 0.6) is 0 Å². The van der Waals surface area contributed by atoms with Crippen molar-refractivity contribution in [2.75, 3.05) is 25.0 Å². The molecule has 0 aromatic carbocycles. The fourth-order valence-electron chi connectivity index (χ4n) is 3.52. The van der Waals surface area contributed by atoms with Crippen molar-refractivity contribution in [3.8, 4) is 6.07 Å². The number of likely N-dealkylation sites (tertiary alicyclic amines) is 1. The molecule has 6 nitrogen and oxygen atoms in total. The minimum absolute atomic E-state index is 0.0507. The number of hydrogen-bond acceptors (Lipinski definition) is 4. The Balaban J connectivity index is 1.73. The zero-order chi connectivity index (χ0) is 18.5. The van der Waals surface area contributed by atoms with Crippen LogP contribution in [0.3, 0.4) is 0 Å². The molecule has 6 heteroatoms. The summed E-state index contributed by atoms with van der Waals surface area (Å²) >= 11 is 0. The maximum absolute atomic E-state index is 12.5. The minimum atomic E-state index is -0.0507. The highest BCUT2D eigenvalue weighted by molar-refractivity contribution is 5.92. The van der Waals surface area contributed by atoms with Crippen molar-refractivity contribution in [3.63, 3.8) is 0 Å². The van der Waals surface area contributed by atoms with Crippen LogP contribution in [0.2, 0.25) is 0 Å². The van der Waals surface area contributed by atoms with E-state index in [4.69, 9.17) is 4.42 Å². The van der Waals surface area contributed by atoms with E-state index >= 15 is 0 Å². The molecule has 1 N–H and O–H groups in total. The number of aromatic nitrogens is 1. The van der Waals surface area contributed by atoms with Gasteiger partial charge in [0.2, 0.25) is 5.91 Å². The quantitative estimate of drug-likeness (QED) is 0.862. The lowest BCUT2D eigenvalue weighted by Crippen LogP contribution is -2.32. The molecule has 0 unspecified atom stereocenters. The summed E-state index contributed by atoms with van der Waals surface area (Å²) in [5.74, 6) is 1.31. The van der Waals surface area contributed by atoms with Gasteiger partial charge in [0.25, 0.3) is 0 Å². The van der Waals surface area contributed by atoms with E-state index in [0.29, 0.717) is 24.3 Å². The lowest BCUT2D eigenvalue weighted by molar-refractivity contribution is -0.116. The number of amides is 1. The van der Waals surface area contributed by atoms with E-state index in [0.717, 1.165) is 36.7 Å². The first kappa shape index (κ1) is 18.3. The van der Waals surface area contributed by atoms with E-state index < -0.39 is 0 Å². The highest BCUT2D eigenvalue weighted by atomic mass is 16.3. The number of nitrogens with one attached hydrogen (secondary N) is 1. The van der Waals surface area contributed by atoms with E-state index in [1.165, 1.54) is 19.3 Å². The second-order valence-corrected chi connectivity index (χ2v) is 6.91. The van der Waals surface area contributed by atoms with Gasteiger partial charge < -0.3 is 19.2 Å². The van der Waals surface area contributed by atoms with Crippen LogP contribution in [0.4, 0.5) is 5.82 Å². The highest BCUT2D eigenvalue weighted by Gasteiger charge is 2.21. The van der Waals surface area contributed by atoms with Gasteiger partial charge in [0, 0.05) is 18.7 Å². The van der Waals surface area contributed by atoms with Gasteiger partial charge in [-0.25, -0.2) is 0 Å². The molecule has 0 atom stereocenters. The van der Waals surface area contributed by atoms with E-state index in [9.17, 15) is 10.1 Å². The number of rotatable bonds is 6. The molecule has 138 valence electrons. The summed E-state index contributed by atoms with van der Waals surface area (Å²) in [6.07, 6.45) is 5.78. The maximum Gasteiger partial charge on any atom is 0.226 e. The standard InChI is InChI=1S/C20H26N4O2/c1-15-16(2)24(14-17-7-6-12-26-17)20(18(15)13-21)22-19(25)8-11-23-9-4-3-5-10-23/h6-7,12H,3-5,8-11,14H2,1-2H3,(H,22,25). The maximum atomic E-state index is 12.5. The first-order valence-corrected chi connectivity index (χ1v) is 9.24. The summed E-state index contributed by atoms with van der Waals surface area (Å²) in [5.41, 5.74) is 2.38. The second kappa shape index (κ2) is 8.24. The Kier molecular flexibility index (Phi) is 5.79. The lowest BCUT2D eigenvalue weighted by Gasteiger charge is -2.26. The zero-order valence-electron chi connectivity index (χ0n) is 15.5. The van der Waals surface area contributed by atoms with Crippen LogP contribution < -0.4 is 5.32 Å². The monoisotopic (exact) mass is 354 g/mol. The third-order valence-corrected chi connectivity index (χ3v) is 5.20. The largest absolute Gasteiger partial charge is 0.467 e. The number of carbonyl (C=O) groups is 1. The van der Waals surface area contributed by atoms with E-state index in [2.05, 4.69) is 16.3 Å². The minimum Gasteiger partial charge on any atom is -0.467 e. The fourth-order valence-corrected chi connectivity index (χ4v) is 3.52. The van der Waals surface area contributed by atoms with Gasteiger partial charge in [-0.2, -0.15) is 5.26 Å². The van der Waals surface area contributed by atoms with Gasteiger partial charge in [-0.15, -0.1) is 0 Å². The predicted octanol–water partition coefficient (Wildman–Crippen LogP) is 3.43. The van der Waals surface area contributed by atoms with Gasteiger partial charge in [0.1, 0.15) is 17.6 Å². The number of hydrogen-bond donors (Lipinski definition) is 1. The Morgan fingerprint density at radius 1 is 1.31 bits per heavy atom. The number of furan rings is 1. The highest BCUT2D eigenvalue weighted by Crippen LogP contribution is 2.27. The number of nitriles is 1. The van der Waals surface area contributed by atoms with Gasteiger partial charge in [0.15, 0.2) is 0 Å². The molecule has 1 amide bonds. The zero-order valence-corrected chi connectivity index (χ0v) is 15.5. The average molecular weight is 354 g/mol. The van der Waals surface area contributed by atoms with Crippen LogP contribution in [0.1, 0.15) is 48.3 Å². The summed E-state index contributed by atoms with van der Waals surface area (Å²) < 4.78 is 7.39. The van der Waals surface area contributed by atoms with E-state index in [-0.39, 0.29) is 5.91 Å². The summed E-state index contributed by atoms with van der Waals surface area (Å²) in [4.78, 5) is 14.9. The van der Waals surface area contributed by atoms with Crippen molar-refractivity contribution >= 4 is 11.7 Å². The van der Waals surface area contributed by atoms with Gasteiger partial charge in [0.05, 0.1) is 18.4 Å². The van der Waals surface area contributed by atoms with Crippen LogP contribution in [-0.2, 0) is 11.3 Å². The van der Waals surface area contributed by atoms with Crippen molar-refractivity contribution in [2.24, 2.45) is 0 Å². The summed E-state index contributed by atoms with van der Waals surface area (Å²) in [7, 11) is 0. The third kappa shape index (κ3) is 4.00. The Bertz CT molecular complexity index is 793. The Hall–Kier alpha value is -2.52. The van der Waals surface area contributed by atoms with Crippen molar-refractivity contribution in [3.05, 3.63) is 41.0 Å². The van der Waals surface area contributed by atoms with Crippen LogP contribution in [0.15, 0.2) is 22.8 Å². The van der Waals surface area contributed by atoms with Crippen molar-refractivity contribution in [1.29, 1.82) is 5.26 Å². The molecule has 2 aromatic heterocycles. The van der Waals surface area contributed by atoms with E-state index in [1.54, 1.807) is 6.26 Å². The molecule has 0 spiro atoms. The normalized spacial score (nSPS) is 15.0. The number of carbonyl (C=O) groups excluding carboxylic acids is 1. The number of piperidine rings is 1. The topological polar surface area (TPSA) is 74.2 Å².